The molecule has 0 aliphatic heterocycles. The van der Waals surface area contributed by atoms with Gasteiger partial charge in [0.2, 0.25) is 5.75 Å². The Morgan fingerprint density at radius 1 is 0.870 bits per heavy atom. The highest BCUT2D eigenvalue weighted by atomic mass is 16.6. The van der Waals surface area contributed by atoms with E-state index >= 15 is 0 Å². The van der Waals surface area contributed by atoms with E-state index in [0.29, 0.717) is 37.9 Å². The molecule has 23 heavy (non-hydrogen) atoms. The molecule has 0 radical (unpaired) electrons. The topological polar surface area (TPSA) is 72.5 Å². The van der Waals surface area contributed by atoms with Gasteiger partial charge in [0.05, 0.1) is 41.2 Å². The van der Waals surface area contributed by atoms with E-state index in [2.05, 4.69) is 0 Å². The molecule has 1 aromatic carbocycles. The number of ether oxygens (including phenoxy) is 6. The van der Waals surface area contributed by atoms with Gasteiger partial charge in [-0.15, -0.1) is 0 Å². The lowest BCUT2D eigenvalue weighted by Crippen LogP contribution is -2.14. The number of hydrogen-bond donors (Lipinski definition) is 0. The molecule has 1 aromatic rings. The molecule has 0 saturated heterocycles. The zero-order valence-corrected chi connectivity index (χ0v) is 14.0. The fourth-order valence-electron chi connectivity index (χ4n) is 1.90. The van der Waals surface area contributed by atoms with Crippen molar-refractivity contribution in [2.45, 2.75) is 6.92 Å². The second-order valence-electron chi connectivity index (χ2n) is 4.33. The van der Waals surface area contributed by atoms with Gasteiger partial charge < -0.3 is 28.4 Å². The van der Waals surface area contributed by atoms with Crippen molar-refractivity contribution in [2.24, 2.45) is 0 Å². The third-order valence-corrected chi connectivity index (χ3v) is 2.96. The van der Waals surface area contributed by atoms with Crippen LogP contribution in [-0.4, -0.2) is 60.3 Å². The van der Waals surface area contributed by atoms with Crippen LogP contribution in [0.3, 0.4) is 0 Å². The van der Waals surface area contributed by atoms with Crippen LogP contribution in [0.5, 0.6) is 17.2 Å². The maximum atomic E-state index is 12.1. The number of esters is 1. The Bertz CT molecular complexity index is 488. The lowest BCUT2D eigenvalue weighted by Gasteiger charge is -2.15. The number of rotatable bonds is 11. The summed E-state index contributed by atoms with van der Waals surface area (Å²) in [5.41, 5.74) is 0.263. The minimum Gasteiger partial charge on any atom is -0.493 e. The molecular weight excluding hydrogens is 304 g/mol. The molecule has 0 bridgehead atoms. The van der Waals surface area contributed by atoms with Crippen LogP contribution in [0.1, 0.15) is 17.3 Å². The fourth-order valence-corrected chi connectivity index (χ4v) is 1.90. The fraction of sp³-hybridized carbons (Fsp3) is 0.562. The quantitative estimate of drug-likeness (QED) is 0.454. The lowest BCUT2D eigenvalue weighted by atomic mass is 10.1. The average Bonchev–Trinajstić information content (AvgIpc) is 2.59. The minimum absolute atomic E-state index is 0.141. The smallest absolute Gasteiger partial charge is 0.342 e. The number of carbonyl (C=O) groups is 1. The Morgan fingerprint density at radius 3 is 2.13 bits per heavy atom. The number of carbonyl (C=O) groups excluding carboxylic acids is 1. The van der Waals surface area contributed by atoms with Crippen molar-refractivity contribution >= 4 is 5.97 Å². The summed E-state index contributed by atoms with van der Waals surface area (Å²) in [5.74, 6) is 0.572. The van der Waals surface area contributed by atoms with Crippen molar-refractivity contribution in [3.63, 3.8) is 0 Å². The summed E-state index contributed by atoms with van der Waals surface area (Å²) in [6.45, 7) is 3.99. The molecule has 7 nitrogen and oxygen atoms in total. The highest BCUT2D eigenvalue weighted by molar-refractivity contribution is 5.94. The minimum atomic E-state index is -0.517. The normalized spacial score (nSPS) is 10.3. The second kappa shape index (κ2) is 10.7. The van der Waals surface area contributed by atoms with Gasteiger partial charge in [-0.05, 0) is 19.1 Å². The summed E-state index contributed by atoms with van der Waals surface area (Å²) in [6, 6.07) is 3.19. The second-order valence-corrected chi connectivity index (χ2v) is 4.33. The van der Waals surface area contributed by atoms with Crippen LogP contribution in [0.4, 0.5) is 0 Å². The highest BCUT2D eigenvalue weighted by Crippen LogP contribution is 2.39. The molecule has 130 valence electrons. The summed E-state index contributed by atoms with van der Waals surface area (Å²) in [6.07, 6.45) is 0. The Hall–Kier alpha value is -1.99. The first-order valence-corrected chi connectivity index (χ1v) is 7.31. The first-order valence-electron chi connectivity index (χ1n) is 7.31. The number of benzene rings is 1. The third-order valence-electron chi connectivity index (χ3n) is 2.96. The molecule has 0 N–H and O–H groups in total. The largest absolute Gasteiger partial charge is 0.493 e. The zero-order chi connectivity index (χ0) is 17.1. The Labute approximate surface area is 136 Å². The molecule has 0 aromatic heterocycles. The molecule has 0 amide bonds. The predicted molar refractivity (Wildman–Crippen MR) is 83.7 cm³/mol. The maximum absolute atomic E-state index is 12.1. The molecular formula is C16H24O7. The molecule has 0 heterocycles. The number of methoxy groups -OCH3 is 3. The SMILES string of the molecule is CCOCCOCCOC(=O)c1ccc(OC)c(OC)c1OC. The van der Waals surface area contributed by atoms with Crippen molar-refractivity contribution in [1.82, 2.24) is 0 Å². The van der Waals surface area contributed by atoms with Crippen LogP contribution in [0.15, 0.2) is 12.1 Å². The van der Waals surface area contributed by atoms with Crippen molar-refractivity contribution in [2.75, 3.05) is 54.4 Å². The first kappa shape index (κ1) is 19.1. The molecule has 0 saturated carbocycles. The van der Waals surface area contributed by atoms with Gasteiger partial charge in [0.15, 0.2) is 11.5 Å². The molecule has 0 fully saturated rings. The van der Waals surface area contributed by atoms with Crippen LogP contribution in [0.2, 0.25) is 0 Å². The Morgan fingerprint density at radius 2 is 1.52 bits per heavy atom. The van der Waals surface area contributed by atoms with Crippen LogP contribution < -0.4 is 14.2 Å². The van der Waals surface area contributed by atoms with E-state index < -0.39 is 5.97 Å². The monoisotopic (exact) mass is 328 g/mol. The van der Waals surface area contributed by atoms with Gasteiger partial charge in [0, 0.05) is 6.61 Å². The van der Waals surface area contributed by atoms with Gasteiger partial charge in [-0.2, -0.15) is 0 Å². The summed E-state index contributed by atoms with van der Waals surface area (Å²) in [5, 5.41) is 0. The molecule has 0 aliphatic carbocycles. The standard InChI is InChI=1S/C16H24O7/c1-5-21-8-9-22-10-11-23-16(17)12-6-7-13(18-2)15(20-4)14(12)19-3/h6-7H,5,8-11H2,1-4H3. The van der Waals surface area contributed by atoms with Crippen molar-refractivity contribution < 1.29 is 33.2 Å². The molecule has 0 atom stereocenters. The summed E-state index contributed by atoms with van der Waals surface area (Å²) >= 11 is 0. The molecule has 1 rings (SSSR count). The van der Waals surface area contributed by atoms with Gasteiger partial charge in [0.1, 0.15) is 12.2 Å². The Kier molecular flexibility index (Phi) is 8.86. The summed E-state index contributed by atoms with van der Waals surface area (Å²) in [4.78, 5) is 12.1. The molecule has 0 unspecified atom stereocenters. The lowest BCUT2D eigenvalue weighted by molar-refractivity contribution is 0.0162. The van der Waals surface area contributed by atoms with Crippen molar-refractivity contribution in [3.05, 3.63) is 17.7 Å². The van der Waals surface area contributed by atoms with Crippen molar-refractivity contribution in [1.29, 1.82) is 0 Å². The molecule has 7 heteroatoms. The molecule has 0 spiro atoms. The highest BCUT2D eigenvalue weighted by Gasteiger charge is 2.21. The third kappa shape index (κ3) is 5.61. The summed E-state index contributed by atoms with van der Waals surface area (Å²) in [7, 11) is 4.43. The van der Waals surface area contributed by atoms with E-state index in [4.69, 9.17) is 28.4 Å². The van der Waals surface area contributed by atoms with E-state index in [1.807, 2.05) is 6.92 Å². The van der Waals surface area contributed by atoms with Crippen LogP contribution in [0, 0.1) is 0 Å². The number of hydrogen-bond acceptors (Lipinski definition) is 7. The van der Waals surface area contributed by atoms with E-state index in [-0.39, 0.29) is 17.9 Å². The van der Waals surface area contributed by atoms with Crippen LogP contribution >= 0.6 is 0 Å². The van der Waals surface area contributed by atoms with Gasteiger partial charge >= 0.3 is 5.97 Å². The van der Waals surface area contributed by atoms with Gasteiger partial charge in [-0.1, -0.05) is 0 Å². The predicted octanol–water partition coefficient (Wildman–Crippen LogP) is 1.92. The van der Waals surface area contributed by atoms with E-state index in [0.717, 1.165) is 0 Å². The summed E-state index contributed by atoms with van der Waals surface area (Å²) < 4.78 is 31.2. The van der Waals surface area contributed by atoms with Gasteiger partial charge in [-0.25, -0.2) is 4.79 Å². The van der Waals surface area contributed by atoms with E-state index in [1.54, 1.807) is 12.1 Å². The van der Waals surface area contributed by atoms with Crippen molar-refractivity contribution in [3.8, 4) is 17.2 Å². The van der Waals surface area contributed by atoms with E-state index in [1.165, 1.54) is 21.3 Å². The van der Waals surface area contributed by atoms with Crippen LogP contribution in [-0.2, 0) is 14.2 Å². The first-order chi connectivity index (χ1) is 11.2. The Balaban J connectivity index is 2.59. The average molecular weight is 328 g/mol. The van der Waals surface area contributed by atoms with Gasteiger partial charge in [0.25, 0.3) is 0 Å². The zero-order valence-electron chi connectivity index (χ0n) is 14.0. The van der Waals surface area contributed by atoms with Gasteiger partial charge in [-0.3, -0.25) is 0 Å². The van der Waals surface area contributed by atoms with E-state index in [9.17, 15) is 4.79 Å². The maximum Gasteiger partial charge on any atom is 0.342 e. The van der Waals surface area contributed by atoms with Crippen LogP contribution in [0.25, 0.3) is 0 Å². The molecule has 0 aliphatic rings.